The van der Waals surface area contributed by atoms with Gasteiger partial charge in [-0.1, -0.05) is 6.58 Å². The summed E-state index contributed by atoms with van der Waals surface area (Å²) in [7, 11) is 0. The van der Waals surface area contributed by atoms with E-state index in [1.165, 1.54) is 0 Å². The largest absolute Gasteiger partial charge is 0.462 e. The van der Waals surface area contributed by atoms with Gasteiger partial charge in [0, 0.05) is 0 Å². The van der Waals surface area contributed by atoms with Crippen molar-refractivity contribution in [3.8, 4) is 0 Å². The summed E-state index contributed by atoms with van der Waals surface area (Å²) in [5, 5.41) is 0. The first-order valence-electron chi connectivity index (χ1n) is 10.8. The van der Waals surface area contributed by atoms with Crippen LogP contribution in [0.25, 0.3) is 0 Å². The van der Waals surface area contributed by atoms with Crippen LogP contribution in [0.4, 0.5) is 13.2 Å². The van der Waals surface area contributed by atoms with Crippen molar-refractivity contribution in [1.82, 2.24) is 0 Å². The topological polar surface area (TPSA) is 124 Å². The molecule has 0 aromatic carbocycles. The van der Waals surface area contributed by atoms with E-state index in [9.17, 15) is 32.3 Å². The second-order valence-corrected chi connectivity index (χ2v) is 9.13. The van der Waals surface area contributed by atoms with Gasteiger partial charge in [0.25, 0.3) is 0 Å². The first-order chi connectivity index (χ1) is 16.0. The van der Waals surface area contributed by atoms with Crippen LogP contribution in [-0.2, 0) is 47.6 Å². The van der Waals surface area contributed by atoms with Crippen molar-refractivity contribution in [3.05, 3.63) is 12.2 Å². The zero-order chi connectivity index (χ0) is 24.4. The zero-order valence-electron chi connectivity index (χ0n) is 17.7. The van der Waals surface area contributed by atoms with Crippen molar-refractivity contribution in [2.45, 2.75) is 68.0 Å². The summed E-state index contributed by atoms with van der Waals surface area (Å²) >= 11 is 0. The third-order valence-electron chi connectivity index (χ3n) is 7.09. The number of alkyl halides is 3. The maximum Gasteiger partial charge on any atom is 0.422 e. The Morgan fingerprint density at radius 3 is 2.41 bits per heavy atom. The Hall–Kier alpha value is -2.67. The van der Waals surface area contributed by atoms with Crippen LogP contribution < -0.4 is 0 Å². The second kappa shape index (κ2) is 7.94. The average molecular weight is 490 g/mol. The SMILES string of the molecule is C=C(C(=O)OCC(=O)OC1C2OC(=O)C3C2OC1C3C(=O)OCC12CCC(CC1)O2)C(F)(F)F. The maximum absolute atomic E-state index is 12.9. The molecule has 186 valence electrons. The molecular weight excluding hydrogens is 469 g/mol. The molecule has 0 spiro atoms. The minimum Gasteiger partial charge on any atom is -0.462 e. The van der Waals surface area contributed by atoms with E-state index in [-0.39, 0.29) is 12.7 Å². The molecule has 0 aliphatic carbocycles. The molecule has 5 saturated heterocycles. The standard InChI is InChI=1S/C21H21F3O10/c1-8(21(22,23)24)17(26)29-6-10(25)31-15-13-11(12-14(32-13)16(15)33-19(12)28)18(27)30-7-20-4-2-9(34-20)3-5-20/h9,11-16H,1-7H2. The number of halogens is 3. The van der Waals surface area contributed by atoms with Gasteiger partial charge in [-0.2, -0.15) is 13.2 Å². The van der Waals surface area contributed by atoms with Gasteiger partial charge in [-0.25, -0.2) is 9.59 Å². The molecule has 5 rings (SSSR count). The van der Waals surface area contributed by atoms with Crippen molar-refractivity contribution >= 4 is 23.9 Å². The first-order valence-corrected chi connectivity index (χ1v) is 10.8. The van der Waals surface area contributed by atoms with Gasteiger partial charge in [-0.3, -0.25) is 9.59 Å². The van der Waals surface area contributed by atoms with Gasteiger partial charge in [-0.05, 0) is 25.7 Å². The number of hydrogen-bond acceptors (Lipinski definition) is 10. The normalized spacial score (nSPS) is 39.1. The number of rotatable bonds is 7. The fourth-order valence-electron chi connectivity index (χ4n) is 5.44. The van der Waals surface area contributed by atoms with Gasteiger partial charge in [0.05, 0.1) is 6.10 Å². The minimum absolute atomic E-state index is 0.0327. The fraction of sp³-hybridized carbons (Fsp3) is 0.714. The smallest absolute Gasteiger partial charge is 0.422 e. The fourth-order valence-corrected chi connectivity index (χ4v) is 5.44. The molecule has 10 nitrogen and oxygen atoms in total. The van der Waals surface area contributed by atoms with Crippen LogP contribution in [0.15, 0.2) is 12.2 Å². The predicted molar refractivity (Wildman–Crippen MR) is 98.6 cm³/mol. The minimum atomic E-state index is -5.01. The Morgan fingerprint density at radius 2 is 1.79 bits per heavy atom. The van der Waals surface area contributed by atoms with Crippen molar-refractivity contribution in [2.24, 2.45) is 11.8 Å². The summed E-state index contributed by atoms with van der Waals surface area (Å²) in [6.07, 6.45) is -5.60. The monoisotopic (exact) mass is 490 g/mol. The molecule has 6 unspecified atom stereocenters. The molecule has 4 bridgehead atoms. The third kappa shape index (κ3) is 3.74. The Morgan fingerprint density at radius 1 is 1.09 bits per heavy atom. The number of ether oxygens (including phenoxy) is 6. The molecule has 0 aromatic rings. The molecule has 13 heteroatoms. The number of esters is 4. The van der Waals surface area contributed by atoms with Gasteiger partial charge in [-0.15, -0.1) is 0 Å². The van der Waals surface area contributed by atoms with Gasteiger partial charge >= 0.3 is 30.1 Å². The summed E-state index contributed by atoms with van der Waals surface area (Å²) in [6.45, 7) is 1.47. The zero-order valence-corrected chi connectivity index (χ0v) is 17.7. The van der Waals surface area contributed by atoms with Crippen LogP contribution in [0.2, 0.25) is 0 Å². The Balaban J connectivity index is 1.20. The lowest BCUT2D eigenvalue weighted by atomic mass is 9.78. The van der Waals surface area contributed by atoms with Crippen molar-refractivity contribution in [1.29, 1.82) is 0 Å². The highest BCUT2D eigenvalue weighted by atomic mass is 19.4. The highest BCUT2D eigenvalue weighted by molar-refractivity contribution is 5.90. The molecule has 6 atom stereocenters. The Kier molecular flexibility index (Phi) is 5.39. The van der Waals surface area contributed by atoms with Crippen LogP contribution in [0.1, 0.15) is 25.7 Å². The van der Waals surface area contributed by atoms with Crippen molar-refractivity contribution < 1.29 is 60.8 Å². The first kappa shape index (κ1) is 23.1. The maximum atomic E-state index is 12.9. The third-order valence-corrected chi connectivity index (χ3v) is 7.09. The molecular formula is C21H21F3O10. The Bertz CT molecular complexity index is 938. The molecule has 5 aliphatic rings. The summed E-state index contributed by atoms with van der Waals surface area (Å²) in [4.78, 5) is 48.8. The highest BCUT2D eigenvalue weighted by Gasteiger charge is 2.72. The van der Waals surface area contributed by atoms with Gasteiger partial charge in [0.2, 0.25) is 0 Å². The number of fused-ring (bicyclic) bond motifs is 3. The van der Waals surface area contributed by atoms with Gasteiger partial charge in [0.1, 0.15) is 41.8 Å². The molecule has 0 radical (unpaired) electrons. The molecule has 5 fully saturated rings. The average Bonchev–Trinajstić information content (AvgIpc) is 3.57. The van der Waals surface area contributed by atoms with E-state index in [4.69, 9.17) is 23.7 Å². The molecule has 34 heavy (non-hydrogen) atoms. The van der Waals surface area contributed by atoms with E-state index in [2.05, 4.69) is 11.3 Å². The van der Waals surface area contributed by atoms with Crippen molar-refractivity contribution in [3.63, 3.8) is 0 Å². The van der Waals surface area contributed by atoms with E-state index in [0.29, 0.717) is 0 Å². The summed E-state index contributed by atoms with van der Waals surface area (Å²) < 4.78 is 69.2. The number of hydrogen-bond donors (Lipinski definition) is 0. The second-order valence-electron chi connectivity index (χ2n) is 9.13. The molecule has 0 amide bonds. The highest BCUT2D eigenvalue weighted by Crippen LogP contribution is 2.52. The van der Waals surface area contributed by atoms with Gasteiger partial charge < -0.3 is 28.4 Å². The van der Waals surface area contributed by atoms with Crippen LogP contribution in [0, 0.1) is 11.8 Å². The quantitative estimate of drug-likeness (QED) is 0.287. The van der Waals surface area contributed by atoms with Crippen molar-refractivity contribution in [2.75, 3.05) is 13.2 Å². The lowest BCUT2D eigenvalue weighted by Crippen LogP contribution is -2.49. The molecule has 0 saturated carbocycles. The summed E-state index contributed by atoms with van der Waals surface area (Å²) in [6, 6.07) is 0. The van der Waals surface area contributed by atoms with E-state index < -0.39 is 84.1 Å². The van der Waals surface area contributed by atoms with Gasteiger partial charge in [0.15, 0.2) is 18.8 Å². The van der Waals surface area contributed by atoms with E-state index in [0.717, 1.165) is 25.7 Å². The number of carbonyl (C=O) groups excluding carboxylic acids is 4. The molecule has 0 aromatic heterocycles. The van der Waals surface area contributed by atoms with E-state index in [1.54, 1.807) is 0 Å². The predicted octanol–water partition coefficient (Wildman–Crippen LogP) is 0.753. The molecule has 0 N–H and O–H groups in total. The summed E-state index contributed by atoms with van der Waals surface area (Å²) in [5.74, 6) is -6.43. The van der Waals surface area contributed by atoms with Crippen LogP contribution in [0.5, 0.6) is 0 Å². The van der Waals surface area contributed by atoms with Crippen LogP contribution >= 0.6 is 0 Å². The van der Waals surface area contributed by atoms with Crippen LogP contribution in [0.3, 0.4) is 0 Å². The van der Waals surface area contributed by atoms with E-state index >= 15 is 0 Å². The summed E-state index contributed by atoms with van der Waals surface area (Å²) in [5.41, 5.74) is -2.30. The lowest BCUT2D eigenvalue weighted by molar-refractivity contribution is -0.172. The van der Waals surface area contributed by atoms with Crippen LogP contribution in [-0.4, -0.2) is 79.4 Å². The number of carbonyl (C=O) groups is 4. The van der Waals surface area contributed by atoms with E-state index in [1.807, 2.05) is 0 Å². The molecule has 5 heterocycles. The molecule has 5 aliphatic heterocycles. The lowest BCUT2D eigenvalue weighted by Gasteiger charge is -2.29. The Labute approximate surface area is 190 Å².